The molecule has 0 spiro atoms. The van der Waals surface area contributed by atoms with Crippen LogP contribution in [0.5, 0.6) is 0 Å². The van der Waals surface area contributed by atoms with Gasteiger partial charge in [0, 0.05) is 47.7 Å². The Balaban J connectivity index is 1.89. The van der Waals surface area contributed by atoms with Gasteiger partial charge in [-0.1, -0.05) is 23.2 Å². The molecule has 1 aromatic carbocycles. The van der Waals surface area contributed by atoms with E-state index in [1.165, 1.54) is 4.90 Å². The number of aromatic nitrogens is 3. The molecule has 0 radical (unpaired) electrons. The third-order valence-corrected chi connectivity index (χ3v) is 4.80. The lowest BCUT2D eigenvalue weighted by Gasteiger charge is -2.33. The van der Waals surface area contributed by atoms with Gasteiger partial charge in [0.2, 0.25) is 5.95 Å². The smallest absolute Gasteiger partial charge is 0.407 e. The second kappa shape index (κ2) is 7.85. The van der Waals surface area contributed by atoms with E-state index >= 15 is 0 Å². The summed E-state index contributed by atoms with van der Waals surface area (Å²) in [6.07, 6.45) is 2.50. The third-order valence-electron chi connectivity index (χ3n) is 4.26. The fraction of sp³-hybridized carbons (Fsp3) is 0.316. The van der Waals surface area contributed by atoms with Crippen LogP contribution in [0, 0.1) is 0 Å². The molecule has 28 heavy (non-hydrogen) atoms. The number of fused-ring (bicyclic) bond motifs is 1. The molecule has 0 aliphatic rings. The summed E-state index contributed by atoms with van der Waals surface area (Å²) < 4.78 is 1.80. The number of rotatable bonds is 5. The zero-order valence-corrected chi connectivity index (χ0v) is 17.3. The van der Waals surface area contributed by atoms with Crippen molar-refractivity contribution in [2.45, 2.75) is 26.3 Å². The number of imidazole rings is 1. The summed E-state index contributed by atoms with van der Waals surface area (Å²) in [7, 11) is 0. The van der Waals surface area contributed by atoms with Crippen LogP contribution in [0.3, 0.4) is 0 Å². The highest BCUT2D eigenvalue weighted by molar-refractivity contribution is 6.36. The van der Waals surface area contributed by atoms with Crippen LogP contribution in [0.2, 0.25) is 10.0 Å². The number of anilines is 1. The largest absolute Gasteiger partial charge is 0.465 e. The predicted molar refractivity (Wildman–Crippen MR) is 111 cm³/mol. The van der Waals surface area contributed by atoms with E-state index in [9.17, 15) is 9.90 Å². The maximum absolute atomic E-state index is 11.5. The summed E-state index contributed by atoms with van der Waals surface area (Å²) in [5.74, 6) is 0.551. The molecule has 3 aromatic rings. The van der Waals surface area contributed by atoms with E-state index in [1.807, 2.05) is 32.9 Å². The molecule has 2 N–H and O–H groups in total. The first-order valence-electron chi connectivity index (χ1n) is 8.71. The molecule has 0 bridgehead atoms. The quantitative estimate of drug-likeness (QED) is 0.612. The lowest BCUT2D eigenvalue weighted by molar-refractivity contribution is 0.103. The van der Waals surface area contributed by atoms with Crippen molar-refractivity contribution in [2.75, 3.05) is 18.4 Å². The lowest BCUT2D eigenvalue weighted by Crippen LogP contribution is -2.47. The molecule has 0 fully saturated rings. The van der Waals surface area contributed by atoms with E-state index in [-0.39, 0.29) is 0 Å². The monoisotopic (exact) mass is 421 g/mol. The Labute approximate surface area is 172 Å². The number of carboxylic acid groups (broad SMARTS) is 1. The normalized spacial score (nSPS) is 11.6. The van der Waals surface area contributed by atoms with E-state index in [1.54, 1.807) is 28.9 Å². The summed E-state index contributed by atoms with van der Waals surface area (Å²) in [6, 6.07) is 7.05. The second-order valence-electron chi connectivity index (χ2n) is 7.28. The number of nitrogens with one attached hydrogen (secondary N) is 1. The van der Waals surface area contributed by atoms with Crippen molar-refractivity contribution in [2.24, 2.45) is 0 Å². The number of halogens is 2. The van der Waals surface area contributed by atoms with Gasteiger partial charge >= 0.3 is 6.09 Å². The zero-order valence-electron chi connectivity index (χ0n) is 15.8. The van der Waals surface area contributed by atoms with Gasteiger partial charge in [0.25, 0.3) is 0 Å². The fourth-order valence-corrected chi connectivity index (χ4v) is 3.39. The number of amides is 1. The maximum Gasteiger partial charge on any atom is 0.407 e. The van der Waals surface area contributed by atoms with Crippen molar-refractivity contribution >= 4 is 40.9 Å². The minimum absolute atomic E-state index is 0.308. The van der Waals surface area contributed by atoms with E-state index in [4.69, 9.17) is 23.2 Å². The Bertz CT molecular complexity index is 1010. The first-order chi connectivity index (χ1) is 13.2. The average Bonchev–Trinajstić information content (AvgIpc) is 3.05. The highest BCUT2D eigenvalue weighted by atomic mass is 35.5. The molecule has 2 aromatic heterocycles. The van der Waals surface area contributed by atoms with Gasteiger partial charge in [-0.15, -0.1) is 0 Å². The number of carbonyl (C=O) groups is 1. The highest BCUT2D eigenvalue weighted by Gasteiger charge is 2.25. The first-order valence-corrected chi connectivity index (χ1v) is 9.46. The van der Waals surface area contributed by atoms with Gasteiger partial charge in [-0.25, -0.2) is 14.8 Å². The summed E-state index contributed by atoms with van der Waals surface area (Å²) in [4.78, 5) is 21.9. The second-order valence-corrected chi connectivity index (χ2v) is 8.12. The van der Waals surface area contributed by atoms with Gasteiger partial charge in [-0.3, -0.25) is 4.40 Å². The Morgan fingerprint density at radius 3 is 2.68 bits per heavy atom. The molecule has 148 valence electrons. The summed E-state index contributed by atoms with van der Waals surface area (Å²) in [6.45, 7) is 6.27. The van der Waals surface area contributed by atoms with Crippen LogP contribution in [0.1, 0.15) is 20.8 Å². The Hall–Kier alpha value is -2.51. The molecule has 0 atom stereocenters. The van der Waals surface area contributed by atoms with E-state index < -0.39 is 11.6 Å². The van der Waals surface area contributed by atoms with Gasteiger partial charge < -0.3 is 15.3 Å². The number of hydrogen-bond acceptors (Lipinski definition) is 4. The van der Waals surface area contributed by atoms with Crippen LogP contribution in [0.15, 0.2) is 36.7 Å². The van der Waals surface area contributed by atoms with Gasteiger partial charge in [-0.2, -0.15) is 0 Å². The number of nitrogens with zero attached hydrogens (tertiary/aromatic N) is 4. The fourth-order valence-electron chi connectivity index (χ4n) is 2.88. The number of benzene rings is 1. The Morgan fingerprint density at radius 2 is 2.04 bits per heavy atom. The molecule has 0 aliphatic carbocycles. The standard InChI is InChI=1S/C19H21Cl2N5O2/c1-19(2,3)26(18(27)28)9-7-23-17-24-15(11-16-22-6-8-25(16)17)13-5-4-12(20)10-14(13)21/h4-6,8,10-11H,7,9H2,1-3H3,(H,23,24)(H,27,28). The van der Waals surface area contributed by atoms with Crippen LogP contribution in [-0.2, 0) is 0 Å². The van der Waals surface area contributed by atoms with Crippen LogP contribution < -0.4 is 5.32 Å². The van der Waals surface area contributed by atoms with Crippen LogP contribution >= 0.6 is 23.2 Å². The molecule has 0 aliphatic heterocycles. The average molecular weight is 422 g/mol. The predicted octanol–water partition coefficient (Wildman–Crippen LogP) is 4.89. The minimum atomic E-state index is -0.961. The van der Waals surface area contributed by atoms with Gasteiger partial charge in [-0.05, 0) is 39.0 Å². The molecule has 7 nitrogen and oxygen atoms in total. The Kier molecular flexibility index (Phi) is 5.67. The van der Waals surface area contributed by atoms with Gasteiger partial charge in [0.05, 0.1) is 10.7 Å². The first kappa shape index (κ1) is 20.2. The van der Waals surface area contributed by atoms with E-state index in [0.717, 1.165) is 5.56 Å². The lowest BCUT2D eigenvalue weighted by atomic mass is 10.1. The van der Waals surface area contributed by atoms with E-state index in [2.05, 4.69) is 15.3 Å². The van der Waals surface area contributed by atoms with Crippen molar-refractivity contribution in [3.8, 4) is 11.3 Å². The van der Waals surface area contributed by atoms with Gasteiger partial charge in [0.1, 0.15) is 5.65 Å². The molecule has 3 rings (SSSR count). The summed E-state index contributed by atoms with van der Waals surface area (Å²) >= 11 is 12.3. The van der Waals surface area contributed by atoms with Crippen molar-refractivity contribution in [3.63, 3.8) is 0 Å². The zero-order chi connectivity index (χ0) is 20.5. The number of hydrogen-bond donors (Lipinski definition) is 2. The SMILES string of the molecule is CC(C)(C)N(CCNc1nc(-c2ccc(Cl)cc2Cl)cc2nccn12)C(=O)O. The van der Waals surface area contributed by atoms with Crippen LogP contribution in [0.4, 0.5) is 10.7 Å². The summed E-state index contributed by atoms with van der Waals surface area (Å²) in [5, 5.41) is 13.7. The maximum atomic E-state index is 11.5. The Morgan fingerprint density at radius 1 is 1.29 bits per heavy atom. The molecular weight excluding hydrogens is 401 g/mol. The highest BCUT2D eigenvalue weighted by Crippen LogP contribution is 2.30. The molecule has 0 unspecified atom stereocenters. The molecule has 2 heterocycles. The molecular formula is C19H21Cl2N5O2. The third kappa shape index (κ3) is 4.31. The van der Waals surface area contributed by atoms with E-state index in [0.29, 0.717) is 40.4 Å². The molecule has 0 saturated heterocycles. The van der Waals surface area contributed by atoms with Crippen LogP contribution in [-0.4, -0.2) is 49.1 Å². The topological polar surface area (TPSA) is 82.8 Å². The molecule has 9 heteroatoms. The van der Waals surface area contributed by atoms with Crippen molar-refractivity contribution in [1.82, 2.24) is 19.3 Å². The van der Waals surface area contributed by atoms with Crippen molar-refractivity contribution < 1.29 is 9.90 Å². The van der Waals surface area contributed by atoms with Crippen LogP contribution in [0.25, 0.3) is 16.9 Å². The van der Waals surface area contributed by atoms with Gasteiger partial charge in [0.15, 0.2) is 0 Å². The molecule has 1 amide bonds. The van der Waals surface area contributed by atoms with Crippen molar-refractivity contribution in [3.05, 3.63) is 46.7 Å². The van der Waals surface area contributed by atoms with Crippen molar-refractivity contribution in [1.29, 1.82) is 0 Å². The summed E-state index contributed by atoms with van der Waals surface area (Å²) in [5.41, 5.74) is 1.59. The molecule has 0 saturated carbocycles. The minimum Gasteiger partial charge on any atom is -0.465 e.